The molecule has 1 amide bonds. The Hall–Kier alpha value is -1.80. The van der Waals surface area contributed by atoms with Crippen molar-refractivity contribution in [2.45, 2.75) is 0 Å². The normalized spacial score (nSPS) is 10.1. The number of hydrogen-bond donors (Lipinski definition) is 1. The molecule has 20 heavy (non-hydrogen) atoms. The van der Waals surface area contributed by atoms with Crippen molar-refractivity contribution in [2.75, 3.05) is 5.32 Å². The molecule has 0 saturated carbocycles. The van der Waals surface area contributed by atoms with Gasteiger partial charge in [-0.15, -0.1) is 0 Å². The van der Waals surface area contributed by atoms with E-state index in [1.807, 2.05) is 0 Å². The van der Waals surface area contributed by atoms with E-state index in [2.05, 4.69) is 42.2 Å². The minimum Gasteiger partial charge on any atom is -0.321 e. The average molecular weight is 401 g/mol. The third-order valence-electron chi connectivity index (χ3n) is 2.43. The second kappa shape index (κ2) is 6.10. The first-order chi connectivity index (χ1) is 9.49. The number of carbonyl (C=O) groups is 1. The Labute approximate surface area is 130 Å². The number of pyridine rings is 1. The molecule has 8 heteroatoms. The first-order valence-corrected chi connectivity index (χ1v) is 6.92. The van der Waals surface area contributed by atoms with Crippen molar-refractivity contribution < 1.29 is 9.72 Å². The van der Waals surface area contributed by atoms with Gasteiger partial charge < -0.3 is 5.32 Å². The molecule has 2 aromatic rings. The first-order valence-electron chi connectivity index (χ1n) is 5.34. The fourth-order valence-corrected chi connectivity index (χ4v) is 2.21. The first kappa shape index (κ1) is 14.6. The smallest absolute Gasteiger partial charge is 0.284 e. The number of nitrogens with zero attached hydrogens (tertiary/aromatic N) is 2. The molecule has 0 unspecified atom stereocenters. The van der Waals surface area contributed by atoms with Gasteiger partial charge in [0.15, 0.2) is 0 Å². The zero-order valence-electron chi connectivity index (χ0n) is 9.84. The van der Waals surface area contributed by atoms with E-state index in [9.17, 15) is 14.9 Å². The molecule has 6 nitrogen and oxygen atoms in total. The van der Waals surface area contributed by atoms with Gasteiger partial charge in [0, 0.05) is 24.0 Å². The highest BCUT2D eigenvalue weighted by atomic mass is 79.9. The molecular formula is C12H7Br2N3O3. The van der Waals surface area contributed by atoms with Crippen molar-refractivity contribution in [2.24, 2.45) is 0 Å². The SMILES string of the molecule is O=C(Nc1ccncc1Br)c1ccc(Br)c([N+](=O)[O-])c1. The van der Waals surface area contributed by atoms with Crippen molar-refractivity contribution in [3.63, 3.8) is 0 Å². The molecule has 0 bridgehead atoms. The molecule has 0 spiro atoms. The van der Waals surface area contributed by atoms with Crippen LogP contribution in [-0.2, 0) is 0 Å². The quantitative estimate of drug-likeness (QED) is 0.627. The number of amides is 1. The predicted octanol–water partition coefficient (Wildman–Crippen LogP) is 3.77. The minimum atomic E-state index is -0.552. The van der Waals surface area contributed by atoms with Gasteiger partial charge >= 0.3 is 0 Å². The average Bonchev–Trinajstić information content (AvgIpc) is 2.41. The van der Waals surface area contributed by atoms with Gasteiger partial charge in [0.2, 0.25) is 0 Å². The lowest BCUT2D eigenvalue weighted by Crippen LogP contribution is -2.12. The number of nitro groups is 1. The molecule has 1 N–H and O–H groups in total. The fraction of sp³-hybridized carbons (Fsp3) is 0. The Kier molecular flexibility index (Phi) is 4.46. The van der Waals surface area contributed by atoms with Gasteiger partial charge in [-0.25, -0.2) is 0 Å². The molecule has 0 saturated heterocycles. The van der Waals surface area contributed by atoms with Crippen LogP contribution in [0, 0.1) is 10.1 Å². The molecule has 0 atom stereocenters. The summed E-state index contributed by atoms with van der Waals surface area (Å²) in [4.78, 5) is 26.2. The summed E-state index contributed by atoms with van der Waals surface area (Å²) in [6.45, 7) is 0. The predicted molar refractivity (Wildman–Crippen MR) is 80.7 cm³/mol. The molecule has 0 fully saturated rings. The van der Waals surface area contributed by atoms with Crippen LogP contribution in [0.25, 0.3) is 0 Å². The van der Waals surface area contributed by atoms with Crippen molar-refractivity contribution in [3.05, 3.63) is 61.3 Å². The topological polar surface area (TPSA) is 85.1 Å². The number of rotatable bonds is 3. The summed E-state index contributed by atoms with van der Waals surface area (Å²) in [5.41, 5.74) is 0.575. The monoisotopic (exact) mass is 399 g/mol. The largest absolute Gasteiger partial charge is 0.321 e. The van der Waals surface area contributed by atoms with E-state index in [1.54, 1.807) is 12.3 Å². The molecule has 0 aliphatic carbocycles. The number of nitro benzene ring substituents is 1. The Morgan fingerprint density at radius 3 is 2.65 bits per heavy atom. The highest BCUT2D eigenvalue weighted by molar-refractivity contribution is 9.11. The maximum atomic E-state index is 12.1. The van der Waals surface area contributed by atoms with Gasteiger partial charge in [0.25, 0.3) is 11.6 Å². The van der Waals surface area contributed by atoms with Gasteiger partial charge in [-0.05, 0) is 50.1 Å². The summed E-state index contributed by atoms with van der Waals surface area (Å²) < 4.78 is 0.948. The van der Waals surface area contributed by atoms with Gasteiger partial charge in [0.1, 0.15) is 0 Å². The highest BCUT2D eigenvalue weighted by Gasteiger charge is 2.16. The standard InChI is InChI=1S/C12H7Br2N3O3/c13-8-2-1-7(5-11(8)17(19)20)12(18)16-10-3-4-15-6-9(10)14/h1-6H,(H,15,16,18). The number of aromatic nitrogens is 1. The van der Waals surface area contributed by atoms with Crippen molar-refractivity contribution >= 4 is 49.1 Å². The van der Waals surface area contributed by atoms with Crippen LogP contribution in [0.4, 0.5) is 11.4 Å². The summed E-state index contributed by atoms with van der Waals surface area (Å²) in [5, 5.41) is 13.5. The van der Waals surface area contributed by atoms with Crippen LogP contribution in [0.1, 0.15) is 10.4 Å². The van der Waals surface area contributed by atoms with E-state index in [-0.39, 0.29) is 11.3 Å². The second-order valence-electron chi connectivity index (χ2n) is 3.73. The van der Waals surface area contributed by atoms with Gasteiger partial charge in [-0.2, -0.15) is 0 Å². The number of nitrogens with one attached hydrogen (secondary N) is 1. The summed E-state index contributed by atoms with van der Waals surface area (Å²) in [7, 11) is 0. The summed E-state index contributed by atoms with van der Waals surface area (Å²) >= 11 is 6.32. The van der Waals surface area contributed by atoms with E-state index in [0.717, 1.165) is 0 Å². The molecule has 1 heterocycles. The second-order valence-corrected chi connectivity index (χ2v) is 5.44. The Morgan fingerprint density at radius 2 is 2.00 bits per heavy atom. The number of carbonyl (C=O) groups excluding carboxylic acids is 1. The fourth-order valence-electron chi connectivity index (χ4n) is 1.46. The molecule has 0 aliphatic rings. The van der Waals surface area contributed by atoms with Crippen LogP contribution in [0.5, 0.6) is 0 Å². The summed E-state index contributed by atoms with van der Waals surface area (Å²) in [5.74, 6) is -0.437. The molecule has 1 aromatic carbocycles. The van der Waals surface area contributed by atoms with Crippen LogP contribution in [-0.4, -0.2) is 15.8 Å². The van der Waals surface area contributed by atoms with Crippen LogP contribution in [0.2, 0.25) is 0 Å². The van der Waals surface area contributed by atoms with Crippen LogP contribution in [0.15, 0.2) is 45.6 Å². The number of hydrogen-bond acceptors (Lipinski definition) is 4. The number of anilines is 1. The van der Waals surface area contributed by atoms with E-state index in [0.29, 0.717) is 14.6 Å². The Bertz CT molecular complexity index is 691. The maximum Gasteiger partial charge on any atom is 0.284 e. The number of halogens is 2. The lowest BCUT2D eigenvalue weighted by molar-refractivity contribution is -0.385. The lowest BCUT2D eigenvalue weighted by Gasteiger charge is -2.07. The van der Waals surface area contributed by atoms with Crippen LogP contribution < -0.4 is 5.32 Å². The molecule has 102 valence electrons. The van der Waals surface area contributed by atoms with Crippen LogP contribution in [0.3, 0.4) is 0 Å². The molecule has 1 aromatic heterocycles. The summed E-state index contributed by atoms with van der Waals surface area (Å²) in [6, 6.07) is 5.81. The van der Waals surface area contributed by atoms with Gasteiger partial charge in [-0.1, -0.05) is 0 Å². The van der Waals surface area contributed by atoms with E-state index in [1.165, 1.54) is 24.4 Å². The molecule has 0 radical (unpaired) electrons. The molecule has 0 aliphatic heterocycles. The summed E-state index contributed by atoms with van der Waals surface area (Å²) in [6.07, 6.45) is 3.07. The van der Waals surface area contributed by atoms with E-state index < -0.39 is 10.8 Å². The zero-order valence-corrected chi connectivity index (χ0v) is 13.0. The number of benzene rings is 1. The minimum absolute atomic E-state index is 0.161. The Balaban J connectivity index is 2.28. The van der Waals surface area contributed by atoms with Gasteiger partial charge in [0.05, 0.1) is 19.6 Å². The lowest BCUT2D eigenvalue weighted by atomic mass is 10.2. The van der Waals surface area contributed by atoms with Crippen molar-refractivity contribution in [1.82, 2.24) is 4.98 Å². The van der Waals surface area contributed by atoms with Crippen molar-refractivity contribution in [1.29, 1.82) is 0 Å². The van der Waals surface area contributed by atoms with E-state index in [4.69, 9.17) is 0 Å². The van der Waals surface area contributed by atoms with Crippen LogP contribution >= 0.6 is 31.9 Å². The van der Waals surface area contributed by atoms with E-state index >= 15 is 0 Å². The van der Waals surface area contributed by atoms with Crippen molar-refractivity contribution in [3.8, 4) is 0 Å². The molecule has 2 rings (SSSR count). The Morgan fingerprint density at radius 1 is 1.25 bits per heavy atom. The van der Waals surface area contributed by atoms with Gasteiger partial charge in [-0.3, -0.25) is 19.9 Å². The molecular weight excluding hydrogens is 394 g/mol. The maximum absolute atomic E-state index is 12.1. The highest BCUT2D eigenvalue weighted by Crippen LogP contribution is 2.26. The third kappa shape index (κ3) is 3.20. The zero-order chi connectivity index (χ0) is 14.7. The third-order valence-corrected chi connectivity index (χ3v) is 3.73.